The van der Waals surface area contributed by atoms with Gasteiger partial charge in [-0.2, -0.15) is 0 Å². The third-order valence-corrected chi connectivity index (χ3v) is 4.01. The lowest BCUT2D eigenvalue weighted by molar-refractivity contribution is 0.0600. The van der Waals surface area contributed by atoms with Crippen LogP contribution < -0.4 is 10.6 Å². The first-order valence-corrected chi connectivity index (χ1v) is 8.60. The Hall–Kier alpha value is -3.52. The molecule has 2 aromatic heterocycles. The number of anilines is 2. The van der Waals surface area contributed by atoms with Crippen molar-refractivity contribution in [3.05, 3.63) is 76.8 Å². The van der Waals surface area contributed by atoms with Crippen LogP contribution in [0, 0.1) is 0 Å². The van der Waals surface area contributed by atoms with Crippen LogP contribution in [0.25, 0.3) is 0 Å². The van der Waals surface area contributed by atoms with E-state index in [2.05, 4.69) is 30.3 Å². The minimum atomic E-state index is -0.532. The van der Waals surface area contributed by atoms with E-state index in [1.807, 2.05) is 18.2 Å². The van der Waals surface area contributed by atoms with Crippen molar-refractivity contribution in [1.82, 2.24) is 15.0 Å². The molecule has 0 atom stereocenters. The summed E-state index contributed by atoms with van der Waals surface area (Å²) in [6.45, 7) is 0.416. The molecule has 0 aliphatic rings. The summed E-state index contributed by atoms with van der Waals surface area (Å²) in [6.07, 6.45) is 3.16. The number of aromatic nitrogens is 3. The molecule has 1 amide bonds. The number of halogens is 1. The topological polar surface area (TPSA) is 106 Å². The molecule has 0 saturated heterocycles. The molecule has 2 heterocycles. The van der Waals surface area contributed by atoms with Gasteiger partial charge >= 0.3 is 5.97 Å². The Morgan fingerprint density at radius 2 is 1.96 bits per heavy atom. The molecule has 0 spiro atoms. The van der Waals surface area contributed by atoms with E-state index in [4.69, 9.17) is 11.6 Å². The van der Waals surface area contributed by atoms with Gasteiger partial charge < -0.3 is 15.4 Å². The normalized spacial score (nSPS) is 10.2. The van der Waals surface area contributed by atoms with Crippen molar-refractivity contribution in [2.24, 2.45) is 0 Å². The second kappa shape index (κ2) is 8.92. The van der Waals surface area contributed by atoms with Gasteiger partial charge in [-0.25, -0.2) is 14.8 Å². The molecule has 0 fully saturated rings. The van der Waals surface area contributed by atoms with Crippen molar-refractivity contribution in [1.29, 1.82) is 0 Å². The highest BCUT2D eigenvalue weighted by molar-refractivity contribution is 6.34. The van der Waals surface area contributed by atoms with Crippen LogP contribution in [0.4, 0.5) is 11.6 Å². The summed E-state index contributed by atoms with van der Waals surface area (Å²) in [7, 11) is 1.27. The van der Waals surface area contributed by atoms with Gasteiger partial charge in [-0.15, -0.1) is 0 Å². The first kappa shape index (κ1) is 19.2. The number of carbonyl (C=O) groups excluding carboxylic acids is 2. The van der Waals surface area contributed by atoms with Crippen LogP contribution in [0.2, 0.25) is 5.02 Å². The van der Waals surface area contributed by atoms with Gasteiger partial charge in [-0.3, -0.25) is 9.78 Å². The maximum atomic E-state index is 12.5. The Labute approximate surface area is 166 Å². The van der Waals surface area contributed by atoms with Gasteiger partial charge in [0.1, 0.15) is 5.69 Å². The number of hydrogen-bond donors (Lipinski definition) is 2. The highest BCUT2D eigenvalue weighted by Crippen LogP contribution is 2.24. The monoisotopic (exact) mass is 397 g/mol. The van der Waals surface area contributed by atoms with Gasteiger partial charge in [0.25, 0.3) is 5.91 Å². The van der Waals surface area contributed by atoms with E-state index in [0.717, 1.165) is 5.69 Å². The standard InChI is InChI=1S/C19H16ClN5O3/c1-28-18(27)12-5-6-14(20)16(10-12)24-17(26)15-7-9-22-19(25-15)23-11-13-4-2-3-8-21-13/h2-10H,11H2,1H3,(H,24,26)(H,22,23,25). The van der Waals surface area contributed by atoms with E-state index >= 15 is 0 Å². The Balaban J connectivity index is 1.72. The van der Waals surface area contributed by atoms with Crippen LogP contribution in [0.15, 0.2) is 54.9 Å². The molecule has 0 bridgehead atoms. The Bertz CT molecular complexity index is 998. The quantitative estimate of drug-likeness (QED) is 0.615. The molecule has 142 valence electrons. The van der Waals surface area contributed by atoms with Gasteiger partial charge in [-0.1, -0.05) is 17.7 Å². The predicted molar refractivity (Wildman–Crippen MR) is 104 cm³/mol. The SMILES string of the molecule is COC(=O)c1ccc(Cl)c(NC(=O)c2ccnc(NCc3ccccn3)n2)c1. The second-order valence-corrected chi connectivity index (χ2v) is 5.99. The van der Waals surface area contributed by atoms with Crippen LogP contribution in [0.3, 0.4) is 0 Å². The van der Waals surface area contributed by atoms with E-state index < -0.39 is 11.9 Å². The number of nitrogens with zero attached hydrogens (tertiary/aromatic N) is 3. The number of hydrogen-bond acceptors (Lipinski definition) is 7. The summed E-state index contributed by atoms with van der Waals surface area (Å²) < 4.78 is 4.67. The fourth-order valence-electron chi connectivity index (χ4n) is 2.29. The Morgan fingerprint density at radius 3 is 2.71 bits per heavy atom. The van der Waals surface area contributed by atoms with Gasteiger partial charge in [0.05, 0.1) is 35.6 Å². The van der Waals surface area contributed by atoms with E-state index in [1.165, 1.54) is 37.6 Å². The number of benzene rings is 1. The zero-order chi connectivity index (χ0) is 19.9. The lowest BCUT2D eigenvalue weighted by Crippen LogP contribution is -2.16. The number of esters is 1. The molecule has 3 aromatic rings. The van der Waals surface area contributed by atoms with Crippen LogP contribution in [0.1, 0.15) is 26.5 Å². The molecule has 3 rings (SSSR count). The maximum Gasteiger partial charge on any atom is 0.337 e. The summed E-state index contributed by atoms with van der Waals surface area (Å²) in [5, 5.41) is 5.93. The molecule has 0 radical (unpaired) electrons. The number of amides is 1. The van der Waals surface area contributed by atoms with E-state index in [-0.39, 0.29) is 27.9 Å². The zero-order valence-corrected chi connectivity index (χ0v) is 15.6. The van der Waals surface area contributed by atoms with Crippen molar-refractivity contribution in [2.45, 2.75) is 6.54 Å². The molecule has 0 aliphatic heterocycles. The van der Waals surface area contributed by atoms with Crippen molar-refractivity contribution >= 4 is 35.1 Å². The van der Waals surface area contributed by atoms with Crippen LogP contribution in [0.5, 0.6) is 0 Å². The molecule has 2 N–H and O–H groups in total. The number of rotatable bonds is 6. The molecule has 9 heteroatoms. The van der Waals surface area contributed by atoms with Crippen LogP contribution >= 0.6 is 11.6 Å². The van der Waals surface area contributed by atoms with Gasteiger partial charge in [-0.05, 0) is 36.4 Å². The first-order valence-electron chi connectivity index (χ1n) is 8.23. The highest BCUT2D eigenvalue weighted by atomic mass is 35.5. The molecule has 1 aromatic carbocycles. The van der Waals surface area contributed by atoms with E-state index in [1.54, 1.807) is 6.20 Å². The average molecular weight is 398 g/mol. The number of nitrogens with one attached hydrogen (secondary N) is 2. The van der Waals surface area contributed by atoms with Crippen molar-refractivity contribution < 1.29 is 14.3 Å². The summed E-state index contributed by atoms with van der Waals surface area (Å²) in [5.74, 6) is -0.741. The third kappa shape index (κ3) is 4.80. The summed E-state index contributed by atoms with van der Waals surface area (Å²) >= 11 is 6.11. The lowest BCUT2D eigenvalue weighted by atomic mass is 10.2. The fraction of sp³-hybridized carbons (Fsp3) is 0.105. The second-order valence-electron chi connectivity index (χ2n) is 5.58. The molecule has 8 nitrogen and oxygen atoms in total. The summed E-state index contributed by atoms with van der Waals surface area (Å²) in [5.41, 5.74) is 1.49. The van der Waals surface area contributed by atoms with Gasteiger partial charge in [0.15, 0.2) is 0 Å². The van der Waals surface area contributed by atoms with Crippen molar-refractivity contribution in [2.75, 3.05) is 17.7 Å². The average Bonchev–Trinajstić information content (AvgIpc) is 2.74. The molecule has 0 aliphatic carbocycles. The smallest absolute Gasteiger partial charge is 0.337 e. The minimum absolute atomic E-state index is 0.137. The van der Waals surface area contributed by atoms with Crippen LogP contribution in [-0.2, 0) is 11.3 Å². The lowest BCUT2D eigenvalue weighted by Gasteiger charge is -2.09. The predicted octanol–water partition coefficient (Wildman–Crippen LogP) is 3.18. The largest absolute Gasteiger partial charge is 0.465 e. The summed E-state index contributed by atoms with van der Waals surface area (Å²) in [4.78, 5) is 36.7. The molecular formula is C19H16ClN5O3. The molecule has 28 heavy (non-hydrogen) atoms. The number of methoxy groups -OCH3 is 1. The zero-order valence-electron chi connectivity index (χ0n) is 14.8. The van der Waals surface area contributed by atoms with Crippen molar-refractivity contribution in [3.63, 3.8) is 0 Å². The number of ether oxygens (including phenoxy) is 1. The van der Waals surface area contributed by atoms with E-state index in [0.29, 0.717) is 6.54 Å². The first-order chi connectivity index (χ1) is 13.6. The van der Waals surface area contributed by atoms with Gasteiger partial charge in [0.2, 0.25) is 5.95 Å². The number of carbonyl (C=O) groups is 2. The maximum absolute atomic E-state index is 12.5. The molecular weight excluding hydrogens is 382 g/mol. The van der Waals surface area contributed by atoms with Crippen molar-refractivity contribution in [3.8, 4) is 0 Å². The minimum Gasteiger partial charge on any atom is -0.465 e. The summed E-state index contributed by atoms with van der Waals surface area (Å²) in [6, 6.07) is 11.5. The molecule has 0 unspecified atom stereocenters. The Kier molecular flexibility index (Phi) is 6.13. The fourth-order valence-corrected chi connectivity index (χ4v) is 2.46. The number of pyridine rings is 1. The molecule has 0 saturated carbocycles. The third-order valence-electron chi connectivity index (χ3n) is 3.68. The Morgan fingerprint density at radius 1 is 1.11 bits per heavy atom. The van der Waals surface area contributed by atoms with Gasteiger partial charge in [0, 0.05) is 12.4 Å². The van der Waals surface area contributed by atoms with E-state index in [9.17, 15) is 9.59 Å². The van der Waals surface area contributed by atoms with Crippen LogP contribution in [-0.4, -0.2) is 33.9 Å². The highest BCUT2D eigenvalue weighted by Gasteiger charge is 2.14.